The van der Waals surface area contributed by atoms with E-state index >= 15 is 0 Å². The minimum absolute atomic E-state index is 0.164. The number of hydrogen-bond donors (Lipinski definition) is 0. The largest absolute Gasteiger partial charge is 0.444 e. The highest BCUT2D eigenvalue weighted by Gasteiger charge is 2.29. The Kier molecular flexibility index (Phi) is 4.40. The number of nitrogens with zero attached hydrogens (tertiary/aromatic N) is 2. The van der Waals surface area contributed by atoms with Crippen molar-refractivity contribution in [1.82, 2.24) is 4.90 Å². The highest BCUT2D eigenvalue weighted by Crippen LogP contribution is 2.22. The third kappa shape index (κ3) is 4.09. The molecule has 2 rings (SSSR count). The molecule has 0 radical (unpaired) electrons. The molecule has 1 fully saturated rings. The van der Waals surface area contributed by atoms with Crippen LogP contribution in [0.3, 0.4) is 0 Å². The average Bonchev–Trinajstić information content (AvgIpc) is 2.38. The number of carbonyl (C=O) groups excluding carboxylic acids is 1. The van der Waals surface area contributed by atoms with Crippen molar-refractivity contribution >= 4 is 11.8 Å². The van der Waals surface area contributed by atoms with Crippen LogP contribution in [0.5, 0.6) is 0 Å². The van der Waals surface area contributed by atoms with E-state index < -0.39 is 5.60 Å². The van der Waals surface area contributed by atoms with Gasteiger partial charge in [-0.25, -0.2) is 9.18 Å². The highest BCUT2D eigenvalue weighted by atomic mass is 19.1. The maximum Gasteiger partial charge on any atom is 0.410 e. The van der Waals surface area contributed by atoms with E-state index in [0.717, 1.165) is 5.69 Å². The monoisotopic (exact) mass is 294 g/mol. The van der Waals surface area contributed by atoms with Crippen LogP contribution >= 0.6 is 0 Å². The predicted octanol–water partition coefficient (Wildman–Crippen LogP) is 3.27. The Morgan fingerprint density at radius 1 is 1.24 bits per heavy atom. The van der Waals surface area contributed by atoms with Crippen LogP contribution < -0.4 is 4.90 Å². The van der Waals surface area contributed by atoms with Crippen molar-refractivity contribution < 1.29 is 13.9 Å². The number of carbonyl (C=O) groups is 1. The first-order chi connectivity index (χ1) is 9.76. The second-order valence-corrected chi connectivity index (χ2v) is 6.45. The molecule has 0 aliphatic carbocycles. The number of halogens is 1. The van der Waals surface area contributed by atoms with Crippen LogP contribution in [0.25, 0.3) is 0 Å². The summed E-state index contributed by atoms with van der Waals surface area (Å²) in [5.74, 6) is -0.237. The Morgan fingerprint density at radius 3 is 2.38 bits per heavy atom. The summed E-state index contributed by atoms with van der Waals surface area (Å²) in [6, 6.07) is 6.63. The van der Waals surface area contributed by atoms with E-state index in [1.807, 2.05) is 20.8 Å². The van der Waals surface area contributed by atoms with Gasteiger partial charge >= 0.3 is 6.09 Å². The molecule has 1 saturated heterocycles. The summed E-state index contributed by atoms with van der Waals surface area (Å²) in [7, 11) is 0. The Labute approximate surface area is 125 Å². The van der Waals surface area contributed by atoms with Crippen LogP contribution in [-0.4, -0.2) is 42.3 Å². The van der Waals surface area contributed by atoms with E-state index in [-0.39, 0.29) is 18.0 Å². The third-order valence-corrected chi connectivity index (χ3v) is 3.44. The van der Waals surface area contributed by atoms with Gasteiger partial charge < -0.3 is 14.5 Å². The second-order valence-electron chi connectivity index (χ2n) is 6.45. The SMILES string of the molecule is CC1CN(C(=O)OC(C)(C)C)CCN1c1ccc(F)cc1. The van der Waals surface area contributed by atoms with Crippen LogP contribution in [0.2, 0.25) is 0 Å². The molecule has 4 nitrogen and oxygen atoms in total. The minimum Gasteiger partial charge on any atom is -0.444 e. The molecule has 21 heavy (non-hydrogen) atoms. The van der Waals surface area contributed by atoms with Crippen LogP contribution in [0.15, 0.2) is 24.3 Å². The van der Waals surface area contributed by atoms with Crippen LogP contribution in [-0.2, 0) is 4.74 Å². The van der Waals surface area contributed by atoms with Gasteiger partial charge in [-0.3, -0.25) is 0 Å². The van der Waals surface area contributed by atoms with E-state index in [4.69, 9.17) is 4.74 Å². The second kappa shape index (κ2) is 5.92. The first-order valence-electron chi connectivity index (χ1n) is 7.26. The number of amides is 1. The van der Waals surface area contributed by atoms with E-state index in [1.54, 1.807) is 17.0 Å². The van der Waals surface area contributed by atoms with Gasteiger partial charge in [-0.05, 0) is 52.0 Å². The fraction of sp³-hybridized carbons (Fsp3) is 0.562. The lowest BCUT2D eigenvalue weighted by molar-refractivity contribution is 0.0219. The summed E-state index contributed by atoms with van der Waals surface area (Å²) in [6.45, 7) is 9.57. The first kappa shape index (κ1) is 15.6. The summed E-state index contributed by atoms with van der Waals surface area (Å²) < 4.78 is 18.4. The van der Waals surface area contributed by atoms with Crippen LogP contribution in [0.1, 0.15) is 27.7 Å². The van der Waals surface area contributed by atoms with E-state index in [9.17, 15) is 9.18 Å². The first-order valence-corrected chi connectivity index (χ1v) is 7.26. The Hall–Kier alpha value is -1.78. The Morgan fingerprint density at radius 2 is 1.86 bits per heavy atom. The van der Waals surface area contributed by atoms with Crippen molar-refractivity contribution in [2.45, 2.75) is 39.3 Å². The summed E-state index contributed by atoms with van der Waals surface area (Å²) in [6.07, 6.45) is -0.270. The van der Waals surface area contributed by atoms with Crippen molar-refractivity contribution in [1.29, 1.82) is 0 Å². The molecule has 1 heterocycles. The molecule has 0 spiro atoms. The van der Waals surface area contributed by atoms with E-state index in [1.165, 1.54) is 12.1 Å². The van der Waals surface area contributed by atoms with Crippen LogP contribution in [0, 0.1) is 5.82 Å². The number of rotatable bonds is 1. The van der Waals surface area contributed by atoms with Crippen molar-refractivity contribution in [3.63, 3.8) is 0 Å². The molecule has 1 aromatic rings. The number of hydrogen-bond acceptors (Lipinski definition) is 3. The third-order valence-electron chi connectivity index (χ3n) is 3.44. The quantitative estimate of drug-likeness (QED) is 0.797. The van der Waals surface area contributed by atoms with Gasteiger partial charge in [0.1, 0.15) is 11.4 Å². The van der Waals surface area contributed by atoms with Gasteiger partial charge in [0.2, 0.25) is 0 Å². The zero-order valence-electron chi connectivity index (χ0n) is 13.1. The molecule has 1 unspecified atom stereocenters. The molecular weight excluding hydrogens is 271 g/mol. The van der Waals surface area contributed by atoms with Gasteiger partial charge in [-0.1, -0.05) is 0 Å². The molecule has 1 aromatic carbocycles. The van der Waals surface area contributed by atoms with Crippen molar-refractivity contribution in [2.24, 2.45) is 0 Å². The lowest BCUT2D eigenvalue weighted by Crippen LogP contribution is -2.54. The molecule has 0 aromatic heterocycles. The molecule has 1 amide bonds. The summed E-state index contributed by atoms with van der Waals surface area (Å²) in [5.41, 5.74) is 0.502. The number of anilines is 1. The van der Waals surface area contributed by atoms with Gasteiger partial charge in [0.05, 0.1) is 0 Å². The predicted molar refractivity (Wildman–Crippen MR) is 81.0 cm³/mol. The number of ether oxygens (including phenoxy) is 1. The lowest BCUT2D eigenvalue weighted by Gasteiger charge is -2.41. The maximum atomic E-state index is 13.0. The average molecular weight is 294 g/mol. The van der Waals surface area contributed by atoms with Crippen LogP contribution in [0.4, 0.5) is 14.9 Å². The molecule has 1 aliphatic rings. The topological polar surface area (TPSA) is 32.8 Å². The van der Waals surface area contributed by atoms with Crippen molar-refractivity contribution in [3.05, 3.63) is 30.1 Å². The standard InChI is InChI=1S/C16H23FN2O2/c1-12-11-18(15(20)21-16(2,3)4)9-10-19(12)14-7-5-13(17)6-8-14/h5-8,12H,9-11H2,1-4H3. The maximum absolute atomic E-state index is 13.0. The van der Waals surface area contributed by atoms with Gasteiger partial charge in [-0.15, -0.1) is 0 Å². The summed E-state index contributed by atoms with van der Waals surface area (Å²) in [4.78, 5) is 16.0. The molecule has 1 aliphatic heterocycles. The van der Waals surface area contributed by atoms with E-state index in [2.05, 4.69) is 11.8 Å². The number of benzene rings is 1. The molecule has 0 bridgehead atoms. The summed E-state index contributed by atoms with van der Waals surface area (Å²) in [5, 5.41) is 0. The molecule has 0 saturated carbocycles. The van der Waals surface area contributed by atoms with Crippen molar-refractivity contribution in [3.8, 4) is 0 Å². The Balaban J connectivity index is 1.99. The van der Waals surface area contributed by atoms with E-state index in [0.29, 0.717) is 19.6 Å². The zero-order chi connectivity index (χ0) is 15.6. The fourth-order valence-corrected chi connectivity index (χ4v) is 2.47. The minimum atomic E-state index is -0.478. The van der Waals surface area contributed by atoms with Gasteiger partial charge in [0, 0.05) is 31.4 Å². The molecule has 5 heteroatoms. The molecular formula is C16H23FN2O2. The zero-order valence-corrected chi connectivity index (χ0v) is 13.1. The normalized spacial score (nSPS) is 19.6. The van der Waals surface area contributed by atoms with Crippen molar-refractivity contribution in [2.75, 3.05) is 24.5 Å². The van der Waals surface area contributed by atoms with Gasteiger partial charge in [-0.2, -0.15) is 0 Å². The number of piperazine rings is 1. The highest BCUT2D eigenvalue weighted by molar-refractivity contribution is 5.68. The fourth-order valence-electron chi connectivity index (χ4n) is 2.47. The lowest BCUT2D eigenvalue weighted by atomic mass is 10.1. The summed E-state index contributed by atoms with van der Waals surface area (Å²) >= 11 is 0. The molecule has 0 N–H and O–H groups in total. The molecule has 116 valence electrons. The van der Waals surface area contributed by atoms with Gasteiger partial charge in [0.15, 0.2) is 0 Å². The smallest absolute Gasteiger partial charge is 0.410 e. The molecule has 1 atom stereocenters. The van der Waals surface area contributed by atoms with Gasteiger partial charge in [0.25, 0.3) is 0 Å². The Bertz CT molecular complexity index is 496.